The van der Waals surface area contributed by atoms with Crippen molar-refractivity contribution in [2.75, 3.05) is 11.4 Å². The molecule has 1 aromatic heterocycles. The predicted molar refractivity (Wildman–Crippen MR) is 90.1 cm³/mol. The standard InChI is InChI=1S/C16H16N5OP/c1-15(2)12-4-6-21(11-3-5-19-20-9-11)14(18)16(12,23)7-10(8-17)13(15)22/h3-5,7,9,18H,6,23H2,1-2H3/t16-/m0/s1. The molecule has 0 fully saturated rings. The lowest BCUT2D eigenvalue weighted by atomic mass is 9.65. The lowest BCUT2D eigenvalue weighted by Crippen LogP contribution is -2.55. The number of carbonyl (C=O) groups is 1. The number of hydrogen-bond donors (Lipinski definition) is 1. The number of ketones is 1. The van der Waals surface area contributed by atoms with Gasteiger partial charge in [0.25, 0.3) is 0 Å². The first-order valence-corrected chi connectivity index (χ1v) is 7.71. The molecule has 0 radical (unpaired) electrons. The molecule has 6 nitrogen and oxygen atoms in total. The molecule has 2 atom stereocenters. The van der Waals surface area contributed by atoms with Crippen LogP contribution in [-0.4, -0.2) is 33.5 Å². The molecule has 0 saturated heterocycles. The lowest BCUT2D eigenvalue weighted by Gasteiger charge is -2.47. The van der Waals surface area contributed by atoms with Crippen molar-refractivity contribution in [2.45, 2.75) is 19.0 Å². The zero-order valence-corrected chi connectivity index (χ0v) is 14.0. The third-order valence-electron chi connectivity index (χ3n) is 4.44. The van der Waals surface area contributed by atoms with E-state index in [0.29, 0.717) is 12.4 Å². The number of nitrogens with one attached hydrogen (secondary N) is 1. The van der Waals surface area contributed by atoms with Crippen LogP contribution in [-0.2, 0) is 4.79 Å². The molecule has 1 N–H and O–H groups in total. The van der Waals surface area contributed by atoms with Gasteiger partial charge in [-0.15, -0.1) is 9.24 Å². The van der Waals surface area contributed by atoms with Gasteiger partial charge in [-0.2, -0.15) is 15.5 Å². The third kappa shape index (κ3) is 2.12. The van der Waals surface area contributed by atoms with Gasteiger partial charge in [-0.05, 0) is 31.6 Å². The van der Waals surface area contributed by atoms with Gasteiger partial charge < -0.3 is 4.90 Å². The van der Waals surface area contributed by atoms with E-state index in [4.69, 9.17) is 5.41 Å². The number of hydrogen-bond acceptors (Lipinski definition) is 5. The molecule has 0 spiro atoms. The third-order valence-corrected chi connectivity index (χ3v) is 5.19. The molecule has 0 aromatic carbocycles. The van der Waals surface area contributed by atoms with Crippen LogP contribution in [0.15, 0.2) is 41.8 Å². The van der Waals surface area contributed by atoms with Gasteiger partial charge in [0, 0.05) is 6.54 Å². The van der Waals surface area contributed by atoms with E-state index < -0.39 is 10.6 Å². The first-order valence-electron chi connectivity index (χ1n) is 7.13. The number of rotatable bonds is 1. The molecular weight excluding hydrogens is 309 g/mol. The van der Waals surface area contributed by atoms with Crippen LogP contribution in [0.5, 0.6) is 0 Å². The second-order valence-corrected chi connectivity index (χ2v) is 7.08. The average Bonchev–Trinajstić information content (AvgIpc) is 2.54. The maximum Gasteiger partial charge on any atom is 0.182 e. The van der Waals surface area contributed by atoms with Crippen LogP contribution in [0, 0.1) is 22.2 Å². The zero-order valence-electron chi connectivity index (χ0n) is 12.9. The number of fused-ring (bicyclic) bond motifs is 1. The van der Waals surface area contributed by atoms with Crippen molar-refractivity contribution in [1.29, 1.82) is 10.7 Å². The van der Waals surface area contributed by atoms with Crippen LogP contribution in [0.1, 0.15) is 13.8 Å². The van der Waals surface area contributed by atoms with E-state index in [1.807, 2.05) is 12.1 Å². The van der Waals surface area contributed by atoms with Crippen LogP contribution in [0.4, 0.5) is 5.69 Å². The molecule has 1 unspecified atom stereocenters. The smallest absolute Gasteiger partial charge is 0.182 e. The minimum Gasteiger partial charge on any atom is -0.324 e. The van der Waals surface area contributed by atoms with Gasteiger partial charge in [-0.25, -0.2) is 0 Å². The summed E-state index contributed by atoms with van der Waals surface area (Å²) in [6.45, 7) is 4.09. The molecule has 1 aliphatic carbocycles. The van der Waals surface area contributed by atoms with E-state index in [0.717, 1.165) is 11.3 Å². The maximum absolute atomic E-state index is 12.5. The Morgan fingerprint density at radius 3 is 2.78 bits per heavy atom. The van der Waals surface area contributed by atoms with Crippen molar-refractivity contribution in [1.82, 2.24) is 10.2 Å². The van der Waals surface area contributed by atoms with Crippen molar-refractivity contribution in [3.05, 3.63) is 41.8 Å². The topological polar surface area (TPSA) is 93.7 Å². The normalized spacial score (nSPS) is 26.1. The van der Waals surface area contributed by atoms with Crippen molar-refractivity contribution >= 4 is 26.5 Å². The summed E-state index contributed by atoms with van der Waals surface area (Å²) in [5.74, 6) is 0.0949. The fourth-order valence-electron chi connectivity index (χ4n) is 3.23. The largest absolute Gasteiger partial charge is 0.324 e. The van der Waals surface area contributed by atoms with E-state index in [2.05, 4.69) is 19.4 Å². The lowest BCUT2D eigenvalue weighted by molar-refractivity contribution is -0.121. The summed E-state index contributed by atoms with van der Waals surface area (Å²) in [4.78, 5) is 14.3. The summed E-state index contributed by atoms with van der Waals surface area (Å²) in [5.41, 5.74) is 0.879. The second-order valence-electron chi connectivity index (χ2n) is 6.17. The maximum atomic E-state index is 12.5. The molecule has 116 valence electrons. The van der Waals surface area contributed by atoms with Crippen molar-refractivity contribution in [3.63, 3.8) is 0 Å². The Kier molecular flexibility index (Phi) is 3.42. The van der Waals surface area contributed by atoms with E-state index in [-0.39, 0.29) is 11.4 Å². The first kappa shape index (κ1) is 15.5. The number of allylic oxidation sites excluding steroid dienone is 1. The van der Waals surface area contributed by atoms with Gasteiger partial charge in [0.05, 0.1) is 34.2 Å². The molecule has 3 rings (SSSR count). The van der Waals surface area contributed by atoms with E-state index in [1.165, 1.54) is 0 Å². The molecule has 2 aliphatic rings. The SMILES string of the molecule is CC1(C)C(=O)C(C#N)=C[C@@]2(P)C(=N)N(c3ccnnc3)CC=C12. The Morgan fingerprint density at radius 2 is 2.17 bits per heavy atom. The number of nitriles is 1. The highest BCUT2D eigenvalue weighted by Crippen LogP contribution is 2.50. The fraction of sp³-hybridized carbons (Fsp3) is 0.312. The van der Waals surface area contributed by atoms with Crippen LogP contribution >= 0.6 is 9.24 Å². The van der Waals surface area contributed by atoms with E-state index in [9.17, 15) is 10.1 Å². The highest BCUT2D eigenvalue weighted by atomic mass is 31.0. The van der Waals surface area contributed by atoms with Crippen molar-refractivity contribution in [3.8, 4) is 6.07 Å². The highest BCUT2D eigenvalue weighted by molar-refractivity contribution is 7.22. The summed E-state index contributed by atoms with van der Waals surface area (Å²) in [5, 5.41) is 24.7. The number of Topliss-reactive ketones (excluding diaryl/α,β-unsaturated/α-hetero) is 1. The molecule has 0 amide bonds. The Bertz CT molecular complexity index is 806. The van der Waals surface area contributed by atoms with Gasteiger partial charge in [-0.3, -0.25) is 10.2 Å². The summed E-state index contributed by atoms with van der Waals surface area (Å²) >= 11 is 0. The van der Waals surface area contributed by atoms with Crippen molar-refractivity contribution in [2.24, 2.45) is 5.41 Å². The number of anilines is 1. The monoisotopic (exact) mass is 325 g/mol. The summed E-state index contributed by atoms with van der Waals surface area (Å²) in [6.07, 6.45) is 6.71. The number of nitrogens with zero attached hydrogens (tertiary/aromatic N) is 4. The Labute approximate surface area is 136 Å². The Hall–Kier alpha value is -2.38. The molecule has 2 heterocycles. The average molecular weight is 325 g/mol. The Balaban J connectivity index is 2.17. The van der Waals surface area contributed by atoms with E-state index >= 15 is 0 Å². The van der Waals surface area contributed by atoms with Crippen molar-refractivity contribution < 1.29 is 4.79 Å². The number of aromatic nitrogens is 2. The molecular formula is C16H16N5OP. The highest BCUT2D eigenvalue weighted by Gasteiger charge is 2.52. The molecule has 23 heavy (non-hydrogen) atoms. The summed E-state index contributed by atoms with van der Waals surface area (Å²) < 4.78 is 0. The van der Waals surface area contributed by atoms with Gasteiger partial charge >= 0.3 is 0 Å². The number of amidine groups is 1. The minimum absolute atomic E-state index is 0.0987. The van der Waals surface area contributed by atoms with Gasteiger partial charge in [0.1, 0.15) is 11.9 Å². The van der Waals surface area contributed by atoms with Gasteiger partial charge in [0.2, 0.25) is 0 Å². The number of carbonyl (C=O) groups excluding carboxylic acids is 1. The molecule has 1 aromatic rings. The van der Waals surface area contributed by atoms with Crippen LogP contribution in [0.2, 0.25) is 0 Å². The van der Waals surface area contributed by atoms with E-state index in [1.54, 1.807) is 43.3 Å². The first-order chi connectivity index (χ1) is 10.8. The second kappa shape index (κ2) is 5.07. The molecule has 0 saturated carbocycles. The van der Waals surface area contributed by atoms with Crippen LogP contribution in [0.3, 0.4) is 0 Å². The summed E-state index contributed by atoms with van der Waals surface area (Å²) in [6, 6.07) is 3.76. The predicted octanol–water partition coefficient (Wildman–Crippen LogP) is 1.87. The van der Waals surface area contributed by atoms with Crippen LogP contribution < -0.4 is 4.90 Å². The zero-order chi connectivity index (χ0) is 16.8. The molecule has 1 aliphatic heterocycles. The quantitative estimate of drug-likeness (QED) is 0.628. The van der Waals surface area contributed by atoms with Crippen LogP contribution in [0.25, 0.3) is 0 Å². The fourth-order valence-corrected chi connectivity index (χ4v) is 4.03. The summed E-state index contributed by atoms with van der Waals surface area (Å²) in [7, 11) is 2.65. The van der Waals surface area contributed by atoms with Gasteiger partial charge in [-0.1, -0.05) is 6.08 Å². The van der Waals surface area contributed by atoms with Gasteiger partial charge in [0.15, 0.2) is 5.78 Å². The molecule has 0 bridgehead atoms. The minimum atomic E-state index is -0.871. The Morgan fingerprint density at radius 1 is 1.43 bits per heavy atom. The molecule has 7 heteroatoms.